The summed E-state index contributed by atoms with van der Waals surface area (Å²) in [6.45, 7) is 6.40. The lowest BCUT2D eigenvalue weighted by Crippen LogP contribution is -2.47. The number of fused-ring (bicyclic) bond motifs is 1. The van der Waals surface area contributed by atoms with Gasteiger partial charge in [-0.25, -0.2) is 4.79 Å². The number of likely N-dealkylation sites (tertiary alicyclic amines) is 1. The molecule has 0 saturated carbocycles. The largest absolute Gasteiger partial charge is 0.497 e. The van der Waals surface area contributed by atoms with Crippen molar-refractivity contribution >= 4 is 17.0 Å². The first-order valence-corrected chi connectivity index (χ1v) is 10.5. The highest BCUT2D eigenvalue weighted by molar-refractivity contribution is 5.85. The predicted octanol–water partition coefficient (Wildman–Crippen LogP) is 4.60. The summed E-state index contributed by atoms with van der Waals surface area (Å²) < 4.78 is 13.1. The summed E-state index contributed by atoms with van der Waals surface area (Å²) in [7, 11) is 1.64. The molecule has 6 nitrogen and oxygen atoms in total. The number of nitrogens with zero attached hydrogens (tertiary/aromatic N) is 2. The van der Waals surface area contributed by atoms with Gasteiger partial charge >= 0.3 is 6.09 Å². The van der Waals surface area contributed by atoms with Crippen LogP contribution in [0, 0.1) is 0 Å². The molecule has 1 aliphatic heterocycles. The van der Waals surface area contributed by atoms with E-state index in [0.717, 1.165) is 48.3 Å². The van der Waals surface area contributed by atoms with Gasteiger partial charge < -0.3 is 19.7 Å². The molecule has 1 amide bonds. The van der Waals surface area contributed by atoms with E-state index in [1.165, 1.54) is 0 Å². The number of para-hydroxylation sites is 1. The SMILES string of the molecule is COc1cccc(-n2c(OC(=O)NC3CCN(C(C)C)CC3)cc3ccccc32)c1. The number of hydrogen-bond acceptors (Lipinski definition) is 4. The fraction of sp³-hybridized carbons (Fsp3) is 0.375. The van der Waals surface area contributed by atoms with Gasteiger partial charge in [-0.15, -0.1) is 0 Å². The molecule has 30 heavy (non-hydrogen) atoms. The van der Waals surface area contributed by atoms with E-state index in [0.29, 0.717) is 11.9 Å². The second-order valence-electron chi connectivity index (χ2n) is 8.02. The smallest absolute Gasteiger partial charge is 0.414 e. The van der Waals surface area contributed by atoms with Crippen molar-refractivity contribution in [1.82, 2.24) is 14.8 Å². The van der Waals surface area contributed by atoms with E-state index in [2.05, 4.69) is 24.1 Å². The van der Waals surface area contributed by atoms with Gasteiger partial charge in [-0.05, 0) is 44.9 Å². The summed E-state index contributed by atoms with van der Waals surface area (Å²) in [4.78, 5) is 15.1. The zero-order chi connectivity index (χ0) is 21.1. The van der Waals surface area contributed by atoms with Gasteiger partial charge in [-0.3, -0.25) is 4.57 Å². The molecule has 3 aromatic rings. The highest BCUT2D eigenvalue weighted by Gasteiger charge is 2.23. The summed E-state index contributed by atoms with van der Waals surface area (Å²) in [6, 6.07) is 18.3. The van der Waals surface area contributed by atoms with E-state index >= 15 is 0 Å². The van der Waals surface area contributed by atoms with Gasteiger partial charge in [-0.2, -0.15) is 0 Å². The Labute approximate surface area is 177 Å². The Balaban J connectivity index is 1.55. The van der Waals surface area contributed by atoms with Crippen LogP contribution in [-0.4, -0.2) is 47.8 Å². The molecule has 0 spiro atoms. The van der Waals surface area contributed by atoms with Crippen molar-refractivity contribution in [3.63, 3.8) is 0 Å². The second kappa shape index (κ2) is 8.79. The molecule has 1 fully saturated rings. The summed E-state index contributed by atoms with van der Waals surface area (Å²) in [6.07, 6.45) is 1.46. The fourth-order valence-electron chi connectivity index (χ4n) is 4.07. The maximum absolute atomic E-state index is 12.7. The summed E-state index contributed by atoms with van der Waals surface area (Å²) in [5.41, 5.74) is 1.85. The lowest BCUT2D eigenvalue weighted by Gasteiger charge is -2.34. The third-order valence-electron chi connectivity index (χ3n) is 5.77. The van der Waals surface area contributed by atoms with E-state index in [1.54, 1.807) is 7.11 Å². The van der Waals surface area contributed by atoms with Crippen LogP contribution in [0.4, 0.5) is 4.79 Å². The number of piperidine rings is 1. The minimum absolute atomic E-state index is 0.141. The first-order valence-electron chi connectivity index (χ1n) is 10.5. The first kappa shape index (κ1) is 20.3. The Morgan fingerprint density at radius 3 is 2.57 bits per heavy atom. The number of carbonyl (C=O) groups excluding carboxylic acids is 1. The van der Waals surface area contributed by atoms with E-state index in [-0.39, 0.29) is 6.04 Å². The van der Waals surface area contributed by atoms with Gasteiger partial charge in [0.2, 0.25) is 5.88 Å². The Hall–Kier alpha value is -2.99. The zero-order valence-electron chi connectivity index (χ0n) is 17.8. The standard InChI is InChI=1S/C24H29N3O3/c1-17(2)26-13-11-19(12-14-26)25-24(28)30-23-15-18-7-4-5-10-22(18)27(23)20-8-6-9-21(16-20)29-3/h4-10,15-17,19H,11-14H2,1-3H3,(H,25,28). The average molecular weight is 408 g/mol. The number of rotatable bonds is 5. The molecule has 0 unspecified atom stereocenters. The van der Waals surface area contributed by atoms with E-state index < -0.39 is 6.09 Å². The Kier molecular flexibility index (Phi) is 5.95. The van der Waals surface area contributed by atoms with Crippen molar-refractivity contribution in [2.75, 3.05) is 20.2 Å². The third kappa shape index (κ3) is 4.28. The molecular formula is C24H29N3O3. The minimum atomic E-state index is -0.412. The second-order valence-corrected chi connectivity index (χ2v) is 8.02. The van der Waals surface area contributed by atoms with Crippen molar-refractivity contribution in [1.29, 1.82) is 0 Å². The Morgan fingerprint density at radius 1 is 1.07 bits per heavy atom. The number of hydrogen-bond donors (Lipinski definition) is 1. The molecule has 1 N–H and O–H groups in total. The maximum atomic E-state index is 12.7. The monoisotopic (exact) mass is 407 g/mol. The van der Waals surface area contributed by atoms with Gasteiger partial charge in [0.15, 0.2) is 0 Å². The van der Waals surface area contributed by atoms with Gasteiger partial charge in [0.1, 0.15) is 5.75 Å². The molecule has 1 aliphatic rings. The molecule has 0 bridgehead atoms. The van der Waals surface area contributed by atoms with Gasteiger partial charge in [0.05, 0.1) is 18.3 Å². The number of amides is 1. The molecular weight excluding hydrogens is 378 g/mol. The van der Waals surface area contributed by atoms with Crippen molar-refractivity contribution in [2.45, 2.75) is 38.8 Å². The molecule has 1 saturated heterocycles. The maximum Gasteiger partial charge on any atom is 0.414 e. The van der Waals surface area contributed by atoms with Crippen LogP contribution in [-0.2, 0) is 0 Å². The third-order valence-corrected chi connectivity index (χ3v) is 5.77. The van der Waals surface area contributed by atoms with Crippen LogP contribution >= 0.6 is 0 Å². The van der Waals surface area contributed by atoms with Crippen LogP contribution < -0.4 is 14.8 Å². The van der Waals surface area contributed by atoms with E-state index in [4.69, 9.17) is 9.47 Å². The number of aromatic nitrogens is 1. The van der Waals surface area contributed by atoms with Crippen LogP contribution in [0.1, 0.15) is 26.7 Å². The molecule has 0 radical (unpaired) electrons. The normalized spacial score (nSPS) is 15.5. The van der Waals surface area contributed by atoms with Crippen molar-refractivity contribution in [3.05, 3.63) is 54.6 Å². The number of methoxy groups -OCH3 is 1. The van der Waals surface area contributed by atoms with E-state index in [1.807, 2.05) is 59.2 Å². The van der Waals surface area contributed by atoms with Crippen LogP contribution in [0.5, 0.6) is 11.6 Å². The minimum Gasteiger partial charge on any atom is -0.497 e. The molecule has 0 aliphatic carbocycles. The molecule has 2 heterocycles. The van der Waals surface area contributed by atoms with Crippen molar-refractivity contribution in [2.24, 2.45) is 0 Å². The van der Waals surface area contributed by atoms with Crippen LogP contribution in [0.25, 0.3) is 16.6 Å². The van der Waals surface area contributed by atoms with Gasteiger partial charge in [0, 0.05) is 42.7 Å². The highest BCUT2D eigenvalue weighted by atomic mass is 16.6. The number of ether oxygens (including phenoxy) is 2. The van der Waals surface area contributed by atoms with Crippen molar-refractivity contribution < 1.29 is 14.3 Å². The topological polar surface area (TPSA) is 55.7 Å². The summed E-state index contributed by atoms with van der Waals surface area (Å²) >= 11 is 0. The van der Waals surface area contributed by atoms with Crippen LogP contribution in [0.15, 0.2) is 54.6 Å². The molecule has 2 aromatic carbocycles. The van der Waals surface area contributed by atoms with Crippen LogP contribution in [0.3, 0.4) is 0 Å². The van der Waals surface area contributed by atoms with Gasteiger partial charge in [0.25, 0.3) is 0 Å². The number of carbonyl (C=O) groups is 1. The average Bonchev–Trinajstić information content (AvgIpc) is 3.11. The van der Waals surface area contributed by atoms with Crippen molar-refractivity contribution in [3.8, 4) is 17.3 Å². The number of nitrogens with one attached hydrogen (secondary N) is 1. The quantitative estimate of drug-likeness (QED) is 0.672. The molecule has 1 aromatic heterocycles. The molecule has 158 valence electrons. The molecule has 6 heteroatoms. The van der Waals surface area contributed by atoms with E-state index in [9.17, 15) is 4.79 Å². The summed E-state index contributed by atoms with van der Waals surface area (Å²) in [5, 5.41) is 4.05. The lowest BCUT2D eigenvalue weighted by molar-refractivity contribution is 0.151. The van der Waals surface area contributed by atoms with Crippen LogP contribution in [0.2, 0.25) is 0 Å². The van der Waals surface area contributed by atoms with Gasteiger partial charge in [-0.1, -0.05) is 24.3 Å². The first-order chi connectivity index (χ1) is 14.5. The predicted molar refractivity (Wildman–Crippen MR) is 119 cm³/mol. The highest BCUT2D eigenvalue weighted by Crippen LogP contribution is 2.31. The molecule has 4 rings (SSSR count). The molecule has 0 atom stereocenters. The Bertz CT molecular complexity index is 1020. The zero-order valence-corrected chi connectivity index (χ0v) is 17.8. The number of benzene rings is 2. The summed E-state index contributed by atoms with van der Waals surface area (Å²) in [5.74, 6) is 1.24. The lowest BCUT2D eigenvalue weighted by atomic mass is 10.0. The Morgan fingerprint density at radius 2 is 1.83 bits per heavy atom. The fourth-order valence-corrected chi connectivity index (χ4v) is 4.07.